The van der Waals surface area contributed by atoms with Gasteiger partial charge in [-0.1, -0.05) is 18.2 Å². The Morgan fingerprint density at radius 2 is 1.83 bits per heavy atom. The van der Waals surface area contributed by atoms with E-state index in [1.807, 2.05) is 24.3 Å². The van der Waals surface area contributed by atoms with Crippen LogP contribution < -0.4 is 10.1 Å². The summed E-state index contributed by atoms with van der Waals surface area (Å²) in [4.78, 5) is 27.6. The monoisotopic (exact) mass is 405 g/mol. The molecule has 0 saturated carbocycles. The molecule has 0 fully saturated rings. The molecule has 1 aromatic heterocycles. The molecule has 3 N–H and O–H groups in total. The van der Waals surface area contributed by atoms with E-state index in [2.05, 4.69) is 10.3 Å². The van der Waals surface area contributed by atoms with Crippen molar-refractivity contribution in [2.24, 2.45) is 0 Å². The number of aliphatic carboxylic acids is 1. The van der Waals surface area contributed by atoms with E-state index in [1.165, 1.54) is 19.9 Å². The highest BCUT2D eigenvalue weighted by Gasteiger charge is 2.27. The molecular weight excluding hydrogens is 386 g/mol. The minimum atomic E-state index is -1.08. The molecule has 1 heterocycles. The molecule has 0 atom stereocenters. The predicted octanol–water partition coefficient (Wildman–Crippen LogP) is 3.59. The Labute approximate surface area is 172 Å². The fourth-order valence-electron chi connectivity index (χ4n) is 3.00. The zero-order valence-electron chi connectivity index (χ0n) is 16.3. The Kier molecular flexibility index (Phi) is 5.56. The first-order valence-electron chi connectivity index (χ1n) is 9.04. The van der Waals surface area contributed by atoms with Gasteiger partial charge in [-0.15, -0.1) is 0 Å². The van der Waals surface area contributed by atoms with Gasteiger partial charge >= 0.3 is 5.97 Å². The van der Waals surface area contributed by atoms with Crippen LogP contribution in [0.25, 0.3) is 10.8 Å². The summed E-state index contributed by atoms with van der Waals surface area (Å²) in [6.45, 7) is 3.07. The van der Waals surface area contributed by atoms with Crippen LogP contribution in [0, 0.1) is 11.3 Å². The maximum absolute atomic E-state index is 12.6. The molecule has 152 valence electrons. The van der Waals surface area contributed by atoms with Crippen molar-refractivity contribution in [3.8, 4) is 23.3 Å². The molecule has 0 aliphatic heterocycles. The number of aromatic hydroxyl groups is 1. The average molecular weight is 405 g/mol. The van der Waals surface area contributed by atoms with Crippen molar-refractivity contribution >= 4 is 22.6 Å². The quantitative estimate of drug-likeness (QED) is 0.571. The normalized spacial score (nSPS) is 11.0. The molecule has 0 saturated heterocycles. The number of para-hydroxylation sites is 1. The number of carboxylic acids is 1. The van der Waals surface area contributed by atoms with Crippen LogP contribution in [0.4, 0.5) is 0 Å². The molecule has 0 radical (unpaired) electrons. The van der Waals surface area contributed by atoms with E-state index >= 15 is 0 Å². The van der Waals surface area contributed by atoms with Crippen LogP contribution in [0.3, 0.4) is 0 Å². The Morgan fingerprint density at radius 3 is 2.47 bits per heavy atom. The third kappa shape index (κ3) is 4.47. The molecule has 0 aliphatic carbocycles. The number of pyridine rings is 1. The number of hydrogen-bond acceptors (Lipinski definition) is 6. The molecule has 0 bridgehead atoms. The average Bonchev–Trinajstić information content (AvgIpc) is 2.67. The van der Waals surface area contributed by atoms with Gasteiger partial charge < -0.3 is 20.3 Å². The number of aromatic nitrogens is 1. The van der Waals surface area contributed by atoms with Gasteiger partial charge in [0.25, 0.3) is 5.91 Å². The van der Waals surface area contributed by atoms with Crippen molar-refractivity contribution < 1.29 is 24.5 Å². The topological polar surface area (TPSA) is 133 Å². The summed E-state index contributed by atoms with van der Waals surface area (Å²) in [6, 6.07) is 15.7. The van der Waals surface area contributed by atoms with Crippen LogP contribution in [-0.2, 0) is 4.79 Å². The molecule has 0 aliphatic rings. The van der Waals surface area contributed by atoms with Gasteiger partial charge in [0.1, 0.15) is 23.3 Å². The number of nitrogens with zero attached hydrogens (tertiary/aromatic N) is 2. The number of rotatable bonds is 6. The largest absolute Gasteiger partial charge is 0.505 e. The van der Waals surface area contributed by atoms with Gasteiger partial charge in [-0.25, -0.2) is 4.98 Å². The lowest BCUT2D eigenvalue weighted by molar-refractivity contribution is -0.138. The molecule has 0 spiro atoms. The SMILES string of the molecule is CC(C)(CC(=O)O)NC(=O)c1nc(C#N)c2cc(Oc3ccccc3)ccc2c1O. The smallest absolute Gasteiger partial charge is 0.305 e. The van der Waals surface area contributed by atoms with E-state index < -0.39 is 23.2 Å². The molecule has 3 aromatic rings. The van der Waals surface area contributed by atoms with E-state index in [4.69, 9.17) is 9.84 Å². The Balaban J connectivity index is 1.99. The second kappa shape index (κ2) is 8.09. The van der Waals surface area contributed by atoms with Gasteiger partial charge in [-0.3, -0.25) is 9.59 Å². The highest BCUT2D eigenvalue weighted by Crippen LogP contribution is 2.33. The number of nitrogens with one attached hydrogen (secondary N) is 1. The summed E-state index contributed by atoms with van der Waals surface area (Å²) in [5.74, 6) is -1.23. The summed E-state index contributed by atoms with van der Waals surface area (Å²) in [5.41, 5.74) is -1.50. The highest BCUT2D eigenvalue weighted by molar-refractivity contribution is 6.03. The van der Waals surface area contributed by atoms with Crippen molar-refractivity contribution in [3.05, 3.63) is 59.9 Å². The number of carbonyl (C=O) groups excluding carboxylic acids is 1. The maximum atomic E-state index is 12.6. The Hall–Kier alpha value is -4.12. The van der Waals surface area contributed by atoms with Crippen molar-refractivity contribution in [3.63, 3.8) is 0 Å². The molecule has 2 aromatic carbocycles. The fraction of sp³-hybridized carbons (Fsp3) is 0.182. The fourth-order valence-corrected chi connectivity index (χ4v) is 3.00. The van der Waals surface area contributed by atoms with Crippen molar-refractivity contribution in [2.75, 3.05) is 0 Å². The summed E-state index contributed by atoms with van der Waals surface area (Å²) in [5, 5.41) is 32.2. The molecule has 3 rings (SSSR count). The molecule has 8 nitrogen and oxygen atoms in total. The number of fused-ring (bicyclic) bond motifs is 1. The Bertz CT molecular complexity index is 1170. The maximum Gasteiger partial charge on any atom is 0.305 e. The standard InChI is InChI=1S/C22H19N3O5/c1-22(2,11-18(26)27)25-21(29)19-20(28)15-9-8-14(10-16(15)17(12-23)24-19)30-13-6-4-3-5-7-13/h3-10,28H,11H2,1-2H3,(H,25,29)(H,26,27). The van der Waals surface area contributed by atoms with Crippen molar-refractivity contribution in [1.82, 2.24) is 10.3 Å². The number of nitriles is 1. The lowest BCUT2D eigenvalue weighted by atomic mass is 10.00. The van der Waals surface area contributed by atoms with Gasteiger partial charge in [0, 0.05) is 16.3 Å². The minimum absolute atomic E-state index is 0.0671. The lowest BCUT2D eigenvalue weighted by Gasteiger charge is -2.24. The zero-order chi connectivity index (χ0) is 21.9. The van der Waals surface area contributed by atoms with Gasteiger partial charge in [0.05, 0.1) is 6.42 Å². The number of ether oxygens (including phenoxy) is 1. The van der Waals surface area contributed by atoms with Crippen molar-refractivity contribution in [2.45, 2.75) is 25.8 Å². The van der Waals surface area contributed by atoms with Gasteiger partial charge in [-0.05, 0) is 44.2 Å². The highest BCUT2D eigenvalue weighted by atomic mass is 16.5. The van der Waals surface area contributed by atoms with E-state index in [1.54, 1.807) is 24.3 Å². The first-order valence-corrected chi connectivity index (χ1v) is 9.04. The number of benzene rings is 2. The lowest BCUT2D eigenvalue weighted by Crippen LogP contribution is -2.45. The van der Waals surface area contributed by atoms with Crippen LogP contribution in [0.5, 0.6) is 17.2 Å². The van der Waals surface area contributed by atoms with Crippen LogP contribution >= 0.6 is 0 Å². The number of hydrogen-bond donors (Lipinski definition) is 3. The van der Waals surface area contributed by atoms with E-state index in [0.29, 0.717) is 16.9 Å². The third-order valence-electron chi connectivity index (χ3n) is 4.29. The first kappa shape index (κ1) is 20.6. The first-order chi connectivity index (χ1) is 14.2. The van der Waals surface area contributed by atoms with Crippen LogP contribution in [0.15, 0.2) is 48.5 Å². The molecular formula is C22H19N3O5. The minimum Gasteiger partial charge on any atom is -0.505 e. The number of carbonyl (C=O) groups is 2. The van der Waals surface area contributed by atoms with Crippen LogP contribution in [0.1, 0.15) is 36.5 Å². The number of amides is 1. The second-order valence-corrected chi connectivity index (χ2v) is 7.30. The van der Waals surface area contributed by atoms with Gasteiger partial charge in [0.15, 0.2) is 11.4 Å². The predicted molar refractivity (Wildman–Crippen MR) is 108 cm³/mol. The third-order valence-corrected chi connectivity index (χ3v) is 4.29. The van der Waals surface area contributed by atoms with E-state index in [9.17, 15) is 20.0 Å². The molecule has 1 amide bonds. The molecule has 30 heavy (non-hydrogen) atoms. The number of carboxylic acid groups (broad SMARTS) is 1. The molecule has 0 unspecified atom stereocenters. The zero-order valence-corrected chi connectivity index (χ0v) is 16.3. The van der Waals surface area contributed by atoms with Gasteiger partial charge in [-0.2, -0.15) is 5.26 Å². The molecule has 8 heteroatoms. The summed E-state index contributed by atoms with van der Waals surface area (Å²) in [6.07, 6.45) is -0.321. The summed E-state index contributed by atoms with van der Waals surface area (Å²) in [7, 11) is 0. The summed E-state index contributed by atoms with van der Waals surface area (Å²) < 4.78 is 5.75. The van der Waals surface area contributed by atoms with E-state index in [-0.39, 0.29) is 23.2 Å². The van der Waals surface area contributed by atoms with Crippen LogP contribution in [0.2, 0.25) is 0 Å². The van der Waals surface area contributed by atoms with Crippen molar-refractivity contribution in [1.29, 1.82) is 5.26 Å². The summed E-state index contributed by atoms with van der Waals surface area (Å²) >= 11 is 0. The van der Waals surface area contributed by atoms with Crippen LogP contribution in [-0.4, -0.2) is 32.6 Å². The van der Waals surface area contributed by atoms with E-state index in [0.717, 1.165) is 0 Å². The second-order valence-electron chi connectivity index (χ2n) is 7.30. The Morgan fingerprint density at radius 1 is 1.13 bits per heavy atom. The van der Waals surface area contributed by atoms with Gasteiger partial charge in [0.2, 0.25) is 0 Å².